The minimum atomic E-state index is 0.674. The van der Waals surface area contributed by atoms with Crippen molar-refractivity contribution in [3.63, 3.8) is 0 Å². The van der Waals surface area contributed by atoms with Gasteiger partial charge >= 0.3 is 0 Å². The average molecular weight is 237 g/mol. The Morgan fingerprint density at radius 2 is 2.07 bits per heavy atom. The minimum Gasteiger partial charge on any atom is -0.312 e. The second kappa shape index (κ2) is 7.52. The molecule has 0 atom stereocenters. The molecule has 1 rings (SSSR count). The average Bonchev–Trinajstić information content (AvgIpc) is 2.69. The normalized spacial score (nSPS) is 19.1. The van der Waals surface area contributed by atoms with E-state index in [1.807, 2.05) is 0 Å². The van der Waals surface area contributed by atoms with Gasteiger partial charge in [0.1, 0.15) is 0 Å². The highest BCUT2D eigenvalue weighted by Gasteiger charge is 2.09. The zero-order valence-electron chi connectivity index (χ0n) is 8.44. The van der Waals surface area contributed by atoms with E-state index in [0.717, 1.165) is 6.54 Å². The number of nitrogens with one attached hydrogen (secondary N) is 1. The molecule has 0 bridgehead atoms. The van der Waals surface area contributed by atoms with Crippen LogP contribution in [0.3, 0.4) is 0 Å². The molecule has 0 aliphatic carbocycles. The van der Waals surface area contributed by atoms with Crippen LogP contribution in [0.25, 0.3) is 0 Å². The number of halogens is 2. The molecule has 2 nitrogen and oxygen atoms in total. The third-order valence-electron chi connectivity index (χ3n) is 2.44. The van der Waals surface area contributed by atoms with Crippen molar-refractivity contribution in [3.8, 4) is 0 Å². The lowest BCUT2D eigenvalue weighted by Gasteiger charge is -2.14. The lowest BCUT2D eigenvalue weighted by molar-refractivity contribution is 0.332. The summed E-state index contributed by atoms with van der Waals surface area (Å²) in [5.41, 5.74) is 1.41. The molecule has 0 aromatic heterocycles. The van der Waals surface area contributed by atoms with Crippen molar-refractivity contribution in [1.82, 2.24) is 10.2 Å². The molecule has 0 aromatic carbocycles. The summed E-state index contributed by atoms with van der Waals surface area (Å²) in [5, 5.41) is 3.92. The summed E-state index contributed by atoms with van der Waals surface area (Å²) in [6.07, 6.45) is 3.93. The molecule has 0 radical (unpaired) electrons. The first-order valence-corrected chi connectivity index (χ1v) is 6.02. The first-order valence-electron chi connectivity index (χ1n) is 5.21. The standard InChI is InChI=1S/C10H18Cl2N2/c11-8-10(12)9-13-4-3-7-14-5-1-2-6-14/h8,13H,1-7,9H2. The van der Waals surface area contributed by atoms with E-state index in [4.69, 9.17) is 23.2 Å². The van der Waals surface area contributed by atoms with Gasteiger partial charge in [0.15, 0.2) is 0 Å². The summed E-state index contributed by atoms with van der Waals surface area (Å²) >= 11 is 11.2. The zero-order chi connectivity index (χ0) is 10.2. The van der Waals surface area contributed by atoms with E-state index in [2.05, 4.69) is 10.2 Å². The van der Waals surface area contributed by atoms with Gasteiger partial charge in [0, 0.05) is 17.1 Å². The molecule has 1 aliphatic rings. The number of hydrogen-bond donors (Lipinski definition) is 1. The molecule has 0 aromatic rings. The number of nitrogens with zero attached hydrogens (tertiary/aromatic N) is 1. The van der Waals surface area contributed by atoms with Crippen molar-refractivity contribution >= 4 is 23.2 Å². The Kier molecular flexibility index (Phi) is 6.61. The van der Waals surface area contributed by atoms with E-state index < -0.39 is 0 Å². The highest BCUT2D eigenvalue weighted by molar-refractivity contribution is 6.36. The maximum Gasteiger partial charge on any atom is 0.0431 e. The van der Waals surface area contributed by atoms with Gasteiger partial charge in [-0.2, -0.15) is 0 Å². The highest BCUT2D eigenvalue weighted by atomic mass is 35.5. The van der Waals surface area contributed by atoms with Crippen molar-refractivity contribution in [2.24, 2.45) is 0 Å². The van der Waals surface area contributed by atoms with Crippen molar-refractivity contribution in [2.45, 2.75) is 19.3 Å². The van der Waals surface area contributed by atoms with Crippen LogP contribution in [0.5, 0.6) is 0 Å². The van der Waals surface area contributed by atoms with Crippen LogP contribution in [-0.2, 0) is 0 Å². The fraction of sp³-hybridized carbons (Fsp3) is 0.800. The van der Waals surface area contributed by atoms with Gasteiger partial charge in [-0.15, -0.1) is 0 Å². The molecule has 82 valence electrons. The zero-order valence-corrected chi connectivity index (χ0v) is 9.95. The molecule has 1 N–H and O–H groups in total. The Morgan fingerprint density at radius 3 is 2.71 bits per heavy atom. The Balaban J connectivity index is 1.89. The lowest BCUT2D eigenvalue weighted by atomic mass is 10.4. The van der Waals surface area contributed by atoms with Gasteiger partial charge in [-0.25, -0.2) is 0 Å². The summed E-state index contributed by atoms with van der Waals surface area (Å²) in [5.74, 6) is 0. The molecule has 14 heavy (non-hydrogen) atoms. The topological polar surface area (TPSA) is 15.3 Å². The number of likely N-dealkylation sites (tertiary alicyclic amines) is 1. The van der Waals surface area contributed by atoms with Crippen molar-refractivity contribution in [2.75, 3.05) is 32.7 Å². The van der Waals surface area contributed by atoms with Crippen molar-refractivity contribution in [1.29, 1.82) is 0 Å². The summed E-state index contributed by atoms with van der Waals surface area (Å²) in [4.78, 5) is 2.51. The van der Waals surface area contributed by atoms with Gasteiger partial charge in [0.2, 0.25) is 0 Å². The molecule has 0 saturated carbocycles. The van der Waals surface area contributed by atoms with Crippen LogP contribution >= 0.6 is 23.2 Å². The Hall–Kier alpha value is 0.240. The molecule has 0 spiro atoms. The number of rotatable bonds is 6. The van der Waals surface area contributed by atoms with Crippen LogP contribution in [0.2, 0.25) is 0 Å². The largest absolute Gasteiger partial charge is 0.312 e. The first-order chi connectivity index (χ1) is 6.83. The second-order valence-electron chi connectivity index (χ2n) is 3.64. The van der Waals surface area contributed by atoms with Gasteiger partial charge in [-0.05, 0) is 45.4 Å². The molecular weight excluding hydrogens is 219 g/mol. The van der Waals surface area contributed by atoms with E-state index >= 15 is 0 Å². The van der Waals surface area contributed by atoms with Gasteiger partial charge in [-0.1, -0.05) is 23.2 Å². The summed E-state index contributed by atoms with van der Waals surface area (Å²) < 4.78 is 0. The Bertz CT molecular complexity index is 177. The smallest absolute Gasteiger partial charge is 0.0431 e. The van der Waals surface area contributed by atoms with Crippen LogP contribution in [0, 0.1) is 0 Å². The van der Waals surface area contributed by atoms with Crippen LogP contribution in [0.1, 0.15) is 19.3 Å². The van der Waals surface area contributed by atoms with Gasteiger partial charge in [0.25, 0.3) is 0 Å². The first kappa shape index (κ1) is 12.3. The number of hydrogen-bond acceptors (Lipinski definition) is 2. The summed E-state index contributed by atoms with van der Waals surface area (Å²) in [6, 6.07) is 0. The summed E-state index contributed by atoms with van der Waals surface area (Å²) in [6.45, 7) is 5.46. The van der Waals surface area contributed by atoms with E-state index in [9.17, 15) is 0 Å². The van der Waals surface area contributed by atoms with Gasteiger partial charge in [0.05, 0.1) is 0 Å². The molecule has 0 amide bonds. The molecule has 1 aliphatic heterocycles. The predicted octanol–water partition coefficient (Wildman–Crippen LogP) is 2.38. The van der Waals surface area contributed by atoms with Gasteiger partial charge < -0.3 is 10.2 Å². The molecular formula is C10H18Cl2N2. The molecule has 4 heteroatoms. The van der Waals surface area contributed by atoms with E-state index in [0.29, 0.717) is 11.6 Å². The Morgan fingerprint density at radius 1 is 1.36 bits per heavy atom. The predicted molar refractivity (Wildman–Crippen MR) is 62.9 cm³/mol. The molecule has 1 fully saturated rings. The summed E-state index contributed by atoms with van der Waals surface area (Å²) in [7, 11) is 0. The lowest BCUT2D eigenvalue weighted by Crippen LogP contribution is -2.25. The van der Waals surface area contributed by atoms with Gasteiger partial charge in [-0.3, -0.25) is 0 Å². The van der Waals surface area contributed by atoms with Crippen LogP contribution in [-0.4, -0.2) is 37.6 Å². The van der Waals surface area contributed by atoms with Crippen LogP contribution in [0.15, 0.2) is 10.6 Å². The second-order valence-corrected chi connectivity index (χ2v) is 4.34. The molecule has 1 heterocycles. The maximum atomic E-state index is 5.73. The highest BCUT2D eigenvalue weighted by Crippen LogP contribution is 2.07. The third-order valence-corrected chi connectivity index (χ3v) is 3.06. The van der Waals surface area contributed by atoms with E-state index in [1.54, 1.807) is 0 Å². The van der Waals surface area contributed by atoms with E-state index in [-0.39, 0.29) is 0 Å². The van der Waals surface area contributed by atoms with Crippen LogP contribution in [0.4, 0.5) is 0 Å². The van der Waals surface area contributed by atoms with E-state index in [1.165, 1.54) is 44.4 Å². The minimum absolute atomic E-state index is 0.674. The third kappa shape index (κ3) is 5.20. The maximum absolute atomic E-state index is 5.73. The molecule has 0 unspecified atom stereocenters. The monoisotopic (exact) mass is 236 g/mol. The quantitative estimate of drug-likeness (QED) is 0.713. The van der Waals surface area contributed by atoms with Crippen molar-refractivity contribution in [3.05, 3.63) is 10.6 Å². The van der Waals surface area contributed by atoms with Crippen LogP contribution < -0.4 is 5.32 Å². The molecule has 1 saturated heterocycles. The van der Waals surface area contributed by atoms with Crippen molar-refractivity contribution < 1.29 is 0 Å². The Labute approximate surface area is 96.2 Å². The fourth-order valence-corrected chi connectivity index (χ4v) is 1.85. The SMILES string of the molecule is ClC=C(Cl)CNCCCN1CCCC1. The fourth-order valence-electron chi connectivity index (χ4n) is 1.68.